The molecule has 0 aromatic heterocycles. The van der Waals surface area contributed by atoms with Crippen LogP contribution in [0.1, 0.15) is 26.7 Å². The number of aliphatic carboxylic acids is 1. The Labute approximate surface area is 114 Å². The number of amides is 2. The first-order valence-corrected chi connectivity index (χ1v) is 6.85. The largest absolute Gasteiger partial charge is 0.480 e. The number of carboxylic acids is 1. The molecule has 2 amide bonds. The standard InChI is InChI=1S/C13H25N3O3/c1-10(2)16(9-12(17)18)13(19)14-7-11-5-4-6-15(3)8-11/h10-11H,4-9H2,1-3H3,(H,14,19)(H,17,18). The van der Waals surface area contributed by atoms with Crippen molar-refractivity contribution in [1.82, 2.24) is 15.1 Å². The Hall–Kier alpha value is -1.30. The fourth-order valence-corrected chi connectivity index (χ4v) is 2.41. The van der Waals surface area contributed by atoms with Gasteiger partial charge in [-0.2, -0.15) is 0 Å². The van der Waals surface area contributed by atoms with Crippen LogP contribution in [0, 0.1) is 5.92 Å². The van der Waals surface area contributed by atoms with E-state index in [-0.39, 0.29) is 18.6 Å². The average molecular weight is 271 g/mol. The topological polar surface area (TPSA) is 72.9 Å². The van der Waals surface area contributed by atoms with Crippen molar-refractivity contribution < 1.29 is 14.7 Å². The van der Waals surface area contributed by atoms with Crippen LogP contribution in [-0.4, -0.2) is 66.2 Å². The molecule has 0 aromatic carbocycles. The highest BCUT2D eigenvalue weighted by atomic mass is 16.4. The smallest absolute Gasteiger partial charge is 0.323 e. The molecule has 0 saturated carbocycles. The van der Waals surface area contributed by atoms with Gasteiger partial charge in [-0.3, -0.25) is 4.79 Å². The minimum Gasteiger partial charge on any atom is -0.480 e. The zero-order valence-corrected chi connectivity index (χ0v) is 12.1. The normalized spacial score (nSPS) is 20.3. The number of carbonyl (C=O) groups is 2. The Morgan fingerprint density at radius 2 is 2.16 bits per heavy atom. The van der Waals surface area contributed by atoms with Gasteiger partial charge < -0.3 is 20.2 Å². The van der Waals surface area contributed by atoms with Crippen LogP contribution in [0.15, 0.2) is 0 Å². The molecule has 6 heteroatoms. The third-order valence-corrected chi connectivity index (χ3v) is 3.45. The molecule has 1 aliphatic heterocycles. The zero-order chi connectivity index (χ0) is 14.4. The Balaban J connectivity index is 2.41. The molecule has 1 heterocycles. The number of piperidine rings is 1. The summed E-state index contributed by atoms with van der Waals surface area (Å²) >= 11 is 0. The van der Waals surface area contributed by atoms with Gasteiger partial charge in [0.1, 0.15) is 6.54 Å². The van der Waals surface area contributed by atoms with Gasteiger partial charge in [0.15, 0.2) is 0 Å². The minimum absolute atomic E-state index is 0.120. The number of nitrogens with one attached hydrogen (secondary N) is 1. The van der Waals surface area contributed by atoms with Gasteiger partial charge in [-0.25, -0.2) is 4.79 Å². The SMILES string of the molecule is CC(C)N(CC(=O)O)C(=O)NCC1CCCN(C)C1. The average Bonchev–Trinajstić information content (AvgIpc) is 2.32. The van der Waals surface area contributed by atoms with Crippen molar-refractivity contribution in [2.24, 2.45) is 5.92 Å². The van der Waals surface area contributed by atoms with Gasteiger partial charge >= 0.3 is 12.0 Å². The lowest BCUT2D eigenvalue weighted by Crippen LogP contribution is -2.48. The van der Waals surface area contributed by atoms with E-state index in [0.29, 0.717) is 12.5 Å². The maximum Gasteiger partial charge on any atom is 0.323 e. The van der Waals surface area contributed by atoms with E-state index in [1.54, 1.807) is 0 Å². The fourth-order valence-electron chi connectivity index (χ4n) is 2.41. The first-order chi connectivity index (χ1) is 8.90. The predicted molar refractivity (Wildman–Crippen MR) is 73.1 cm³/mol. The summed E-state index contributed by atoms with van der Waals surface area (Å²) in [7, 11) is 2.08. The summed E-state index contributed by atoms with van der Waals surface area (Å²) in [6, 6.07) is -0.407. The summed E-state index contributed by atoms with van der Waals surface area (Å²) in [5.74, 6) is -0.525. The molecular weight excluding hydrogens is 246 g/mol. The second kappa shape index (κ2) is 7.33. The predicted octanol–water partition coefficient (Wildman–Crippen LogP) is 0.833. The molecule has 1 unspecified atom stereocenters. The Morgan fingerprint density at radius 3 is 2.68 bits per heavy atom. The van der Waals surface area contributed by atoms with Crippen molar-refractivity contribution in [3.63, 3.8) is 0 Å². The number of urea groups is 1. The minimum atomic E-state index is -0.985. The van der Waals surface area contributed by atoms with E-state index >= 15 is 0 Å². The highest BCUT2D eigenvalue weighted by Crippen LogP contribution is 2.14. The van der Waals surface area contributed by atoms with Crippen LogP contribution < -0.4 is 5.32 Å². The van der Waals surface area contributed by atoms with Crippen LogP contribution in [0.3, 0.4) is 0 Å². The van der Waals surface area contributed by atoms with Crippen LogP contribution >= 0.6 is 0 Å². The van der Waals surface area contributed by atoms with Gasteiger partial charge in [-0.1, -0.05) is 0 Å². The lowest BCUT2D eigenvalue weighted by molar-refractivity contribution is -0.138. The van der Waals surface area contributed by atoms with Crippen molar-refractivity contribution in [3.05, 3.63) is 0 Å². The molecule has 19 heavy (non-hydrogen) atoms. The van der Waals surface area contributed by atoms with Gasteiger partial charge in [0.2, 0.25) is 0 Å². The van der Waals surface area contributed by atoms with Crippen molar-refractivity contribution in [2.45, 2.75) is 32.7 Å². The van der Waals surface area contributed by atoms with E-state index in [0.717, 1.165) is 25.9 Å². The molecule has 1 atom stereocenters. The molecule has 0 spiro atoms. The van der Waals surface area contributed by atoms with E-state index in [1.165, 1.54) is 4.90 Å². The molecule has 0 bridgehead atoms. The second-order valence-corrected chi connectivity index (χ2v) is 5.57. The molecule has 1 rings (SSSR count). The maximum absolute atomic E-state index is 12.0. The summed E-state index contributed by atoms with van der Waals surface area (Å²) in [6.07, 6.45) is 2.27. The van der Waals surface area contributed by atoms with Crippen LogP contribution in [-0.2, 0) is 4.79 Å². The van der Waals surface area contributed by atoms with Crippen molar-refractivity contribution >= 4 is 12.0 Å². The Morgan fingerprint density at radius 1 is 1.47 bits per heavy atom. The molecule has 6 nitrogen and oxygen atoms in total. The van der Waals surface area contributed by atoms with Crippen LogP contribution in [0.5, 0.6) is 0 Å². The lowest BCUT2D eigenvalue weighted by Gasteiger charge is -2.31. The lowest BCUT2D eigenvalue weighted by atomic mass is 9.98. The first kappa shape index (κ1) is 15.8. The van der Waals surface area contributed by atoms with Gasteiger partial charge in [0, 0.05) is 19.1 Å². The molecule has 1 aliphatic rings. The van der Waals surface area contributed by atoms with E-state index in [1.807, 2.05) is 13.8 Å². The van der Waals surface area contributed by atoms with Crippen molar-refractivity contribution in [2.75, 3.05) is 33.2 Å². The van der Waals surface area contributed by atoms with E-state index < -0.39 is 5.97 Å². The number of likely N-dealkylation sites (tertiary alicyclic amines) is 1. The number of hydrogen-bond acceptors (Lipinski definition) is 3. The van der Waals surface area contributed by atoms with E-state index in [4.69, 9.17) is 5.11 Å². The number of carbonyl (C=O) groups excluding carboxylic acids is 1. The first-order valence-electron chi connectivity index (χ1n) is 6.85. The van der Waals surface area contributed by atoms with E-state index in [9.17, 15) is 9.59 Å². The third-order valence-electron chi connectivity index (χ3n) is 3.45. The van der Waals surface area contributed by atoms with Gasteiger partial charge in [0.05, 0.1) is 0 Å². The number of rotatable bonds is 5. The van der Waals surface area contributed by atoms with E-state index in [2.05, 4.69) is 17.3 Å². The molecule has 1 saturated heterocycles. The quantitative estimate of drug-likeness (QED) is 0.777. The summed E-state index contributed by atoms with van der Waals surface area (Å²) < 4.78 is 0. The zero-order valence-electron chi connectivity index (χ0n) is 12.1. The van der Waals surface area contributed by atoms with Gasteiger partial charge in [-0.15, -0.1) is 0 Å². The summed E-state index contributed by atoms with van der Waals surface area (Å²) in [5.41, 5.74) is 0. The highest BCUT2D eigenvalue weighted by Gasteiger charge is 2.22. The maximum atomic E-state index is 12.0. The van der Waals surface area contributed by atoms with Crippen molar-refractivity contribution in [3.8, 4) is 0 Å². The Bertz CT molecular complexity index is 320. The van der Waals surface area contributed by atoms with Crippen LogP contribution in [0.4, 0.5) is 4.79 Å². The molecule has 110 valence electrons. The van der Waals surface area contributed by atoms with Crippen LogP contribution in [0.2, 0.25) is 0 Å². The molecule has 0 aliphatic carbocycles. The summed E-state index contributed by atoms with van der Waals surface area (Å²) in [4.78, 5) is 26.3. The monoisotopic (exact) mass is 271 g/mol. The Kier molecular flexibility index (Phi) is 6.08. The molecule has 1 fully saturated rings. The highest BCUT2D eigenvalue weighted by molar-refractivity contribution is 5.80. The fraction of sp³-hybridized carbons (Fsp3) is 0.846. The molecule has 2 N–H and O–H groups in total. The third kappa shape index (κ3) is 5.46. The van der Waals surface area contributed by atoms with Crippen molar-refractivity contribution in [1.29, 1.82) is 0 Å². The number of carboxylic acid groups (broad SMARTS) is 1. The van der Waals surface area contributed by atoms with Gasteiger partial charge in [-0.05, 0) is 46.2 Å². The molecular formula is C13H25N3O3. The van der Waals surface area contributed by atoms with Crippen LogP contribution in [0.25, 0.3) is 0 Å². The number of hydrogen-bond donors (Lipinski definition) is 2. The summed E-state index contributed by atoms with van der Waals surface area (Å²) in [6.45, 7) is 6.09. The number of nitrogens with zero attached hydrogens (tertiary/aromatic N) is 2. The molecule has 0 radical (unpaired) electrons. The second-order valence-electron chi connectivity index (χ2n) is 5.57. The van der Waals surface area contributed by atoms with Gasteiger partial charge in [0.25, 0.3) is 0 Å². The summed E-state index contributed by atoms with van der Waals surface area (Å²) in [5, 5.41) is 11.7. The molecule has 0 aromatic rings.